The zero-order valence-corrected chi connectivity index (χ0v) is 38.9. The lowest BCUT2D eigenvalue weighted by molar-refractivity contribution is 0.409. The standard InChI is InChI=1S/C54H65Cl2N2P/c1-36-30-38(3)50(39(4)31-36)57-28-29-58(51-40(5)32-37(2)33-41(51)6)52(57)49-35-53(55,56)26-27-54(49,59(43-20-12-8-13-21-43)44-22-14-9-15-23-44)48-34-47(42-18-10-7-11-19-42)45-24-16-17-25-46(45)48/h7,10-11,16-19,24-25,30-34,43-44,48H,8-9,12-15,20-23,26-29,35H2,1-6H3. The first-order valence-electron chi connectivity index (χ1n) is 22.9. The van der Waals surface area contributed by atoms with E-state index >= 15 is 0 Å². The molecule has 0 bridgehead atoms. The van der Waals surface area contributed by atoms with Crippen LogP contribution in [0.2, 0.25) is 0 Å². The van der Waals surface area contributed by atoms with Crippen molar-refractivity contribution in [1.82, 2.24) is 0 Å². The Kier molecular flexibility index (Phi) is 11.7. The molecule has 0 N–H and O–H groups in total. The van der Waals surface area contributed by atoms with E-state index in [1.54, 1.807) is 5.57 Å². The van der Waals surface area contributed by atoms with Gasteiger partial charge in [-0.15, -0.1) is 23.2 Å². The molecule has 1 heterocycles. The zero-order chi connectivity index (χ0) is 41.1. The van der Waals surface area contributed by atoms with Gasteiger partial charge in [-0.3, -0.25) is 0 Å². The third-order valence-electron chi connectivity index (χ3n) is 14.9. The van der Waals surface area contributed by atoms with Crippen LogP contribution in [0.4, 0.5) is 11.4 Å². The Hall–Kier alpha value is -3.03. The minimum absolute atomic E-state index is 0.117. The maximum atomic E-state index is 7.72. The van der Waals surface area contributed by atoms with Gasteiger partial charge in [-0.1, -0.05) is 143 Å². The predicted octanol–water partition coefficient (Wildman–Crippen LogP) is 15.5. The largest absolute Gasteiger partial charge is 0.325 e. The van der Waals surface area contributed by atoms with Crippen LogP contribution in [0.5, 0.6) is 0 Å². The van der Waals surface area contributed by atoms with Gasteiger partial charge in [-0.25, -0.2) is 0 Å². The fraction of sp³-hybridized carbons (Fsp3) is 0.481. The number of alkyl halides is 2. The average Bonchev–Trinajstić information content (AvgIpc) is 3.81. The molecule has 0 aromatic heterocycles. The van der Waals surface area contributed by atoms with Gasteiger partial charge < -0.3 is 9.80 Å². The molecule has 2 atom stereocenters. The topological polar surface area (TPSA) is 6.48 Å². The Morgan fingerprint density at radius 1 is 0.593 bits per heavy atom. The fourth-order valence-electron chi connectivity index (χ4n) is 12.9. The molecule has 3 saturated carbocycles. The molecule has 0 radical (unpaired) electrons. The summed E-state index contributed by atoms with van der Waals surface area (Å²) in [6.45, 7) is 15.7. The minimum Gasteiger partial charge on any atom is -0.325 e. The minimum atomic E-state index is -0.843. The predicted molar refractivity (Wildman–Crippen MR) is 257 cm³/mol. The summed E-state index contributed by atoms with van der Waals surface area (Å²) in [7, 11) is -0.510. The first kappa shape index (κ1) is 41.3. The lowest BCUT2D eigenvalue weighted by Crippen LogP contribution is -2.49. The Morgan fingerprint density at radius 3 is 1.61 bits per heavy atom. The molecule has 1 aliphatic heterocycles. The molecule has 4 aromatic rings. The molecule has 9 rings (SSSR count). The van der Waals surface area contributed by atoms with Crippen LogP contribution in [0.3, 0.4) is 0 Å². The fourth-order valence-corrected chi connectivity index (χ4v) is 18.5. The number of halogens is 2. The lowest BCUT2D eigenvalue weighted by atomic mass is 9.72. The Morgan fingerprint density at radius 2 is 1.08 bits per heavy atom. The monoisotopic (exact) mass is 842 g/mol. The van der Waals surface area contributed by atoms with Gasteiger partial charge in [0.1, 0.15) is 10.2 Å². The van der Waals surface area contributed by atoms with Crippen LogP contribution in [0, 0.1) is 41.5 Å². The summed E-state index contributed by atoms with van der Waals surface area (Å²) in [4.78, 5) is 5.53. The van der Waals surface area contributed by atoms with E-state index in [0.29, 0.717) is 6.42 Å². The normalized spacial score (nSPS) is 23.9. The number of rotatable bonds is 7. The van der Waals surface area contributed by atoms with Gasteiger partial charge in [0.15, 0.2) is 0 Å². The molecular weight excluding hydrogens is 778 g/mol. The van der Waals surface area contributed by atoms with Crippen molar-refractivity contribution in [3.8, 4) is 0 Å². The summed E-state index contributed by atoms with van der Waals surface area (Å²) in [5.41, 5.74) is 19.5. The number of hydrogen-bond donors (Lipinski definition) is 0. The quantitative estimate of drug-likeness (QED) is 0.135. The van der Waals surface area contributed by atoms with Gasteiger partial charge in [0.25, 0.3) is 0 Å². The Balaban J connectivity index is 1.41. The molecule has 1 saturated heterocycles. The number of allylic oxidation sites excluding steroid dienone is 2. The Bertz CT molecular complexity index is 2130. The van der Waals surface area contributed by atoms with E-state index in [2.05, 4.69) is 136 Å². The molecule has 4 aliphatic carbocycles. The van der Waals surface area contributed by atoms with E-state index in [0.717, 1.165) is 37.2 Å². The van der Waals surface area contributed by atoms with Crippen LogP contribution in [0.1, 0.15) is 139 Å². The van der Waals surface area contributed by atoms with E-state index in [1.807, 2.05) is 0 Å². The summed E-state index contributed by atoms with van der Waals surface area (Å²) in [6, 6.07) is 30.4. The summed E-state index contributed by atoms with van der Waals surface area (Å²) in [6.07, 6.45) is 19.0. The number of aryl methyl sites for hydroxylation is 6. The molecule has 59 heavy (non-hydrogen) atoms. The summed E-state index contributed by atoms with van der Waals surface area (Å²) in [5, 5.41) is -0.117. The maximum absolute atomic E-state index is 7.72. The molecule has 5 aliphatic rings. The number of fused-ring (bicyclic) bond motifs is 1. The highest BCUT2D eigenvalue weighted by atomic mass is 35.5. The smallest absolute Gasteiger partial charge is 0.122 e. The van der Waals surface area contributed by atoms with Gasteiger partial charge >= 0.3 is 0 Å². The second-order valence-corrected chi connectivity index (χ2v) is 23.8. The lowest BCUT2D eigenvalue weighted by Gasteiger charge is -2.58. The highest BCUT2D eigenvalue weighted by molar-refractivity contribution is 7.61. The van der Waals surface area contributed by atoms with Crippen molar-refractivity contribution in [2.45, 2.75) is 152 Å². The van der Waals surface area contributed by atoms with Crippen LogP contribution in [-0.2, 0) is 0 Å². The summed E-state index contributed by atoms with van der Waals surface area (Å²) in [5.74, 6) is 1.62. The van der Waals surface area contributed by atoms with E-state index in [1.165, 1.54) is 137 Å². The number of anilines is 2. The van der Waals surface area contributed by atoms with E-state index in [9.17, 15) is 0 Å². The molecule has 0 amide bonds. The van der Waals surface area contributed by atoms with Gasteiger partial charge in [0.2, 0.25) is 0 Å². The second kappa shape index (κ2) is 16.7. The first-order chi connectivity index (χ1) is 28.5. The highest BCUT2D eigenvalue weighted by Gasteiger charge is 2.60. The maximum Gasteiger partial charge on any atom is 0.122 e. The SMILES string of the molecule is Cc1cc(C)c(N2CCN(c3c(C)cc(C)cc3C)C2=C2CC(Cl)(Cl)CCC2(C2C=C(c3ccccc3)c3ccccc32)P(C2CCCCC2)C2CCCCC2)c(C)c1. The molecule has 2 nitrogen and oxygen atoms in total. The van der Waals surface area contributed by atoms with Crippen molar-refractivity contribution in [3.63, 3.8) is 0 Å². The molecule has 310 valence electrons. The third-order valence-corrected chi connectivity index (χ3v) is 19.8. The van der Waals surface area contributed by atoms with Crippen molar-refractivity contribution in [1.29, 1.82) is 0 Å². The van der Waals surface area contributed by atoms with Crippen molar-refractivity contribution in [3.05, 3.63) is 146 Å². The van der Waals surface area contributed by atoms with E-state index in [-0.39, 0.29) is 11.1 Å². The zero-order valence-electron chi connectivity index (χ0n) is 36.5. The van der Waals surface area contributed by atoms with Crippen molar-refractivity contribution in [2.75, 3.05) is 22.9 Å². The van der Waals surface area contributed by atoms with Crippen molar-refractivity contribution < 1.29 is 0 Å². The molecular formula is C54H65Cl2N2P. The van der Waals surface area contributed by atoms with E-state index in [4.69, 9.17) is 23.2 Å². The van der Waals surface area contributed by atoms with Gasteiger partial charge in [-0.2, -0.15) is 0 Å². The van der Waals surface area contributed by atoms with Crippen LogP contribution < -0.4 is 9.80 Å². The second-order valence-electron chi connectivity index (χ2n) is 19.1. The van der Waals surface area contributed by atoms with E-state index < -0.39 is 12.3 Å². The molecule has 0 spiro atoms. The van der Waals surface area contributed by atoms with Crippen molar-refractivity contribution >= 4 is 48.1 Å². The first-order valence-corrected chi connectivity index (χ1v) is 25.2. The average molecular weight is 844 g/mol. The van der Waals surface area contributed by atoms with Crippen LogP contribution in [0.25, 0.3) is 5.57 Å². The molecule has 5 heteroatoms. The van der Waals surface area contributed by atoms with Crippen LogP contribution in [0.15, 0.2) is 96.3 Å². The summed E-state index contributed by atoms with van der Waals surface area (Å²) >= 11 is 15.4. The van der Waals surface area contributed by atoms with Gasteiger partial charge in [0.05, 0.1) is 0 Å². The molecule has 2 unspecified atom stereocenters. The molecule has 4 aromatic carbocycles. The number of hydrogen-bond acceptors (Lipinski definition) is 2. The highest BCUT2D eigenvalue weighted by Crippen LogP contribution is 2.75. The Labute approximate surface area is 367 Å². The molecule has 4 fully saturated rings. The third kappa shape index (κ3) is 7.55. The van der Waals surface area contributed by atoms with Crippen LogP contribution in [-0.4, -0.2) is 33.9 Å². The number of benzene rings is 4. The number of nitrogens with zero attached hydrogens (tertiary/aromatic N) is 2. The van der Waals surface area contributed by atoms with Crippen molar-refractivity contribution in [2.24, 2.45) is 0 Å². The van der Waals surface area contributed by atoms with Gasteiger partial charge in [-0.05, 0) is 141 Å². The van der Waals surface area contributed by atoms with Crippen LogP contribution >= 0.6 is 31.1 Å². The van der Waals surface area contributed by atoms with Gasteiger partial charge in [0, 0.05) is 42.0 Å². The summed E-state index contributed by atoms with van der Waals surface area (Å²) < 4.78 is -0.843.